The molecular weight excluding hydrogens is 438 g/mol. The van der Waals surface area contributed by atoms with E-state index in [1.165, 1.54) is 17.4 Å². The van der Waals surface area contributed by atoms with Gasteiger partial charge in [0, 0.05) is 28.2 Å². The zero-order valence-corrected chi connectivity index (χ0v) is 19.3. The Labute approximate surface area is 195 Å². The molecule has 0 saturated heterocycles. The van der Waals surface area contributed by atoms with Crippen LogP contribution in [0.3, 0.4) is 0 Å². The van der Waals surface area contributed by atoms with Crippen molar-refractivity contribution in [2.24, 2.45) is 5.92 Å². The van der Waals surface area contributed by atoms with E-state index in [1.54, 1.807) is 40.0 Å². The van der Waals surface area contributed by atoms with Crippen molar-refractivity contribution in [3.63, 3.8) is 0 Å². The van der Waals surface area contributed by atoms with Crippen molar-refractivity contribution in [2.75, 3.05) is 5.32 Å². The summed E-state index contributed by atoms with van der Waals surface area (Å²) in [5.74, 6) is -0.369. The second-order valence-electron chi connectivity index (χ2n) is 8.86. The predicted molar refractivity (Wildman–Crippen MR) is 127 cm³/mol. The van der Waals surface area contributed by atoms with E-state index in [1.807, 2.05) is 0 Å². The number of amides is 1. The lowest BCUT2D eigenvalue weighted by molar-refractivity contribution is -0.120. The number of hydrogen-bond donors (Lipinski definition) is 1. The summed E-state index contributed by atoms with van der Waals surface area (Å²) in [4.78, 5) is 44.0. The van der Waals surface area contributed by atoms with Crippen molar-refractivity contribution in [3.8, 4) is 0 Å². The average Bonchev–Trinajstić information content (AvgIpc) is 3.22. The van der Waals surface area contributed by atoms with Crippen molar-refractivity contribution in [3.05, 3.63) is 62.5 Å². The zero-order valence-electron chi connectivity index (χ0n) is 18.5. The fraction of sp³-hybridized carbons (Fsp3) is 0.440. The normalized spacial score (nSPS) is 16.4. The van der Waals surface area contributed by atoms with Crippen molar-refractivity contribution in [2.45, 2.75) is 64.4 Å². The lowest BCUT2D eigenvalue weighted by atomic mass is 9.88. The number of carbonyl (C=O) groups excluding carboxylic acids is 2. The van der Waals surface area contributed by atoms with Gasteiger partial charge in [0.05, 0.1) is 11.3 Å². The number of benzene rings is 1. The molecule has 2 aliphatic carbocycles. The maximum absolute atomic E-state index is 12.6. The van der Waals surface area contributed by atoms with Crippen molar-refractivity contribution in [1.29, 1.82) is 0 Å². The molecule has 33 heavy (non-hydrogen) atoms. The molecule has 0 spiro atoms. The van der Waals surface area contributed by atoms with Crippen LogP contribution in [0.25, 0.3) is 4.96 Å². The number of esters is 1. The number of rotatable bonds is 5. The second kappa shape index (κ2) is 9.47. The Kier molecular flexibility index (Phi) is 6.26. The summed E-state index contributed by atoms with van der Waals surface area (Å²) in [6.07, 6.45) is 9.41. The number of thiazole rings is 1. The van der Waals surface area contributed by atoms with Crippen molar-refractivity contribution >= 4 is 33.9 Å². The molecule has 2 aliphatic rings. The first-order chi connectivity index (χ1) is 16.1. The molecule has 0 bridgehead atoms. The average molecular weight is 466 g/mol. The Morgan fingerprint density at radius 3 is 2.61 bits per heavy atom. The van der Waals surface area contributed by atoms with Crippen LogP contribution in [0, 0.1) is 5.92 Å². The van der Waals surface area contributed by atoms with Gasteiger partial charge in [-0.05, 0) is 62.8 Å². The third-order valence-electron chi connectivity index (χ3n) is 6.53. The molecule has 0 atom stereocenters. The summed E-state index contributed by atoms with van der Waals surface area (Å²) >= 11 is 1.55. The first-order valence-electron chi connectivity index (χ1n) is 11.7. The molecule has 172 valence electrons. The third-order valence-corrected chi connectivity index (χ3v) is 7.67. The minimum Gasteiger partial charge on any atom is -0.456 e. The number of carbonyl (C=O) groups is 2. The highest BCUT2D eigenvalue weighted by atomic mass is 32.1. The van der Waals surface area contributed by atoms with Gasteiger partial charge in [0.25, 0.3) is 5.56 Å². The number of fused-ring (bicyclic) bond motifs is 3. The fourth-order valence-electron chi connectivity index (χ4n) is 4.74. The summed E-state index contributed by atoms with van der Waals surface area (Å²) in [5, 5.41) is 2.94. The highest BCUT2D eigenvalue weighted by Gasteiger charge is 2.21. The highest BCUT2D eigenvalue weighted by molar-refractivity contribution is 7.17. The van der Waals surface area contributed by atoms with Gasteiger partial charge < -0.3 is 10.1 Å². The molecule has 1 fully saturated rings. The number of nitrogens with zero attached hydrogens (tertiary/aromatic N) is 2. The molecule has 2 aromatic heterocycles. The quantitative estimate of drug-likeness (QED) is 0.560. The van der Waals surface area contributed by atoms with Gasteiger partial charge in [-0.2, -0.15) is 0 Å². The molecule has 3 aromatic rings. The van der Waals surface area contributed by atoms with E-state index in [2.05, 4.69) is 10.3 Å². The molecule has 0 radical (unpaired) electrons. The van der Waals surface area contributed by atoms with Gasteiger partial charge >= 0.3 is 5.97 Å². The van der Waals surface area contributed by atoms with Crippen LogP contribution >= 0.6 is 11.3 Å². The number of aromatic nitrogens is 2. The summed E-state index contributed by atoms with van der Waals surface area (Å²) in [6.45, 7) is -0.0622. The van der Waals surface area contributed by atoms with Gasteiger partial charge in [0.1, 0.15) is 6.61 Å². The molecule has 0 aliphatic heterocycles. The van der Waals surface area contributed by atoms with Crippen LogP contribution in [-0.4, -0.2) is 21.3 Å². The van der Waals surface area contributed by atoms with Crippen molar-refractivity contribution in [1.82, 2.24) is 9.38 Å². The lowest BCUT2D eigenvalue weighted by Gasteiger charge is -2.20. The molecule has 7 nitrogen and oxygen atoms in total. The maximum atomic E-state index is 12.6. The zero-order chi connectivity index (χ0) is 22.8. The molecule has 2 heterocycles. The molecule has 1 amide bonds. The molecular formula is C25H27N3O4S. The van der Waals surface area contributed by atoms with Crippen LogP contribution in [0.4, 0.5) is 5.69 Å². The first kappa shape index (κ1) is 21.8. The monoisotopic (exact) mass is 465 g/mol. The molecule has 1 N–H and O–H groups in total. The van der Waals surface area contributed by atoms with Crippen LogP contribution in [-0.2, 0) is 29.0 Å². The maximum Gasteiger partial charge on any atom is 0.338 e. The summed E-state index contributed by atoms with van der Waals surface area (Å²) in [5.41, 5.74) is 2.46. The molecule has 5 rings (SSSR count). The van der Waals surface area contributed by atoms with E-state index in [0.717, 1.165) is 57.1 Å². The molecule has 8 heteroatoms. The van der Waals surface area contributed by atoms with E-state index < -0.39 is 5.97 Å². The van der Waals surface area contributed by atoms with Gasteiger partial charge in [-0.1, -0.05) is 19.3 Å². The number of anilines is 1. The van der Waals surface area contributed by atoms with E-state index in [0.29, 0.717) is 21.9 Å². The third kappa shape index (κ3) is 4.71. The first-order valence-corrected chi connectivity index (χ1v) is 12.5. The van der Waals surface area contributed by atoms with E-state index in [4.69, 9.17) is 4.74 Å². The van der Waals surface area contributed by atoms with Crippen LogP contribution < -0.4 is 10.9 Å². The SMILES string of the molecule is O=C(OCc1cc(=O)n2c3c(sc2n1)CCCC3)c1ccc(NC(=O)C2CCCCC2)cc1. The minimum atomic E-state index is -0.493. The van der Waals surface area contributed by atoms with Crippen LogP contribution in [0.1, 0.15) is 71.6 Å². The van der Waals surface area contributed by atoms with E-state index >= 15 is 0 Å². The number of ether oxygens (including phenoxy) is 1. The molecule has 1 saturated carbocycles. The number of hydrogen-bond acceptors (Lipinski definition) is 6. The van der Waals surface area contributed by atoms with Gasteiger partial charge in [0.15, 0.2) is 4.96 Å². The largest absolute Gasteiger partial charge is 0.456 e. The topological polar surface area (TPSA) is 89.8 Å². The standard InChI is InChI=1S/C25H27N3O4S/c29-22-14-19(27-25-28(22)20-8-4-5-9-21(20)33-25)15-32-24(31)17-10-12-18(13-11-17)26-23(30)16-6-2-1-3-7-16/h10-14,16H,1-9,15H2,(H,26,30). The van der Waals surface area contributed by atoms with Gasteiger partial charge in [0.2, 0.25) is 5.91 Å². The summed E-state index contributed by atoms with van der Waals surface area (Å²) < 4.78 is 7.10. The molecule has 1 aromatic carbocycles. The Balaban J connectivity index is 1.21. The van der Waals surface area contributed by atoms with Crippen LogP contribution in [0.5, 0.6) is 0 Å². The highest BCUT2D eigenvalue weighted by Crippen LogP contribution is 2.28. The van der Waals surface area contributed by atoms with Gasteiger partial charge in [-0.15, -0.1) is 11.3 Å². The Morgan fingerprint density at radius 2 is 1.82 bits per heavy atom. The summed E-state index contributed by atoms with van der Waals surface area (Å²) in [6, 6.07) is 8.15. The molecule has 0 unspecified atom stereocenters. The smallest absolute Gasteiger partial charge is 0.338 e. The lowest BCUT2D eigenvalue weighted by Crippen LogP contribution is -2.24. The second-order valence-corrected chi connectivity index (χ2v) is 9.92. The number of nitrogens with one attached hydrogen (secondary N) is 1. The Bertz CT molecular complexity index is 1240. The Hall–Kier alpha value is -3.00. The van der Waals surface area contributed by atoms with E-state index in [-0.39, 0.29) is 24.0 Å². The van der Waals surface area contributed by atoms with Crippen molar-refractivity contribution < 1.29 is 14.3 Å². The minimum absolute atomic E-state index is 0.0491. The summed E-state index contributed by atoms with van der Waals surface area (Å²) in [7, 11) is 0. The van der Waals surface area contributed by atoms with Gasteiger partial charge in [-0.25, -0.2) is 9.78 Å². The predicted octanol–water partition coefficient (Wildman–Crippen LogP) is 4.51. The van der Waals surface area contributed by atoms with Crippen LogP contribution in [0.15, 0.2) is 35.1 Å². The fourth-order valence-corrected chi connectivity index (χ4v) is 5.97. The van der Waals surface area contributed by atoms with E-state index in [9.17, 15) is 14.4 Å². The van der Waals surface area contributed by atoms with Crippen LogP contribution in [0.2, 0.25) is 0 Å². The van der Waals surface area contributed by atoms with Gasteiger partial charge in [-0.3, -0.25) is 14.0 Å². The Morgan fingerprint density at radius 1 is 1.06 bits per heavy atom. The number of aryl methyl sites for hydroxylation is 2.